The van der Waals surface area contributed by atoms with E-state index in [9.17, 15) is 8.42 Å². The summed E-state index contributed by atoms with van der Waals surface area (Å²) in [5.74, 6) is 0.225. The van der Waals surface area contributed by atoms with E-state index in [1.807, 2.05) is 13.0 Å². The van der Waals surface area contributed by atoms with Crippen molar-refractivity contribution in [2.75, 3.05) is 5.75 Å². The number of hydrogen-bond acceptors (Lipinski definition) is 3. The summed E-state index contributed by atoms with van der Waals surface area (Å²) in [4.78, 5) is 0. The summed E-state index contributed by atoms with van der Waals surface area (Å²) < 4.78 is 28.3. The average Bonchev–Trinajstić information content (AvgIpc) is 2.18. The van der Waals surface area contributed by atoms with E-state index in [4.69, 9.17) is 9.66 Å². The van der Waals surface area contributed by atoms with Gasteiger partial charge in [-0.05, 0) is 18.6 Å². The van der Waals surface area contributed by atoms with Crippen molar-refractivity contribution in [3.8, 4) is 5.75 Å². The standard InChI is InChI=1S/C6H6O.C5H12O3S/c7-6-4-2-1-3-5-6;1-2-3-4-5-9(6,7)8/h1-5,7H;2-5H2,1H3,(H,6,7,8). The molecule has 0 spiro atoms. The van der Waals surface area contributed by atoms with Gasteiger partial charge < -0.3 is 5.11 Å². The first kappa shape index (κ1) is 14.9. The zero-order valence-corrected chi connectivity index (χ0v) is 10.2. The van der Waals surface area contributed by atoms with Crippen LogP contribution in [0, 0.1) is 0 Å². The summed E-state index contributed by atoms with van der Waals surface area (Å²) in [6.07, 6.45) is 2.39. The summed E-state index contributed by atoms with van der Waals surface area (Å²) in [6.45, 7) is 1.98. The third-order valence-corrected chi connectivity index (χ3v) is 2.57. The molecule has 0 heterocycles. The molecular weight excluding hydrogens is 228 g/mol. The number of hydrogen-bond donors (Lipinski definition) is 2. The fourth-order valence-electron chi connectivity index (χ4n) is 0.962. The lowest BCUT2D eigenvalue weighted by atomic mass is 10.3. The largest absolute Gasteiger partial charge is 0.508 e. The van der Waals surface area contributed by atoms with Crippen molar-refractivity contribution in [1.82, 2.24) is 0 Å². The molecule has 1 aromatic carbocycles. The third kappa shape index (κ3) is 11.0. The van der Waals surface area contributed by atoms with Crippen LogP contribution in [0.5, 0.6) is 5.75 Å². The second-order valence-corrected chi connectivity index (χ2v) is 4.90. The monoisotopic (exact) mass is 246 g/mol. The van der Waals surface area contributed by atoms with Gasteiger partial charge in [0.1, 0.15) is 5.75 Å². The minimum absolute atomic E-state index is 0.0964. The van der Waals surface area contributed by atoms with E-state index >= 15 is 0 Å². The lowest BCUT2D eigenvalue weighted by Crippen LogP contribution is -2.02. The summed E-state index contributed by atoms with van der Waals surface area (Å²) >= 11 is 0. The maximum atomic E-state index is 10.1. The van der Waals surface area contributed by atoms with E-state index in [0.717, 1.165) is 12.8 Å². The van der Waals surface area contributed by atoms with Crippen molar-refractivity contribution in [3.05, 3.63) is 30.3 Å². The fourth-order valence-corrected chi connectivity index (χ4v) is 1.53. The minimum atomic E-state index is -3.70. The Morgan fingerprint density at radius 1 is 1.12 bits per heavy atom. The van der Waals surface area contributed by atoms with Crippen molar-refractivity contribution in [3.63, 3.8) is 0 Å². The Balaban J connectivity index is 0.000000288. The SMILES string of the molecule is CCCCCS(=O)(=O)O.Oc1ccccc1. The van der Waals surface area contributed by atoms with Crippen molar-refractivity contribution in [1.29, 1.82) is 0 Å². The minimum Gasteiger partial charge on any atom is -0.508 e. The summed E-state index contributed by atoms with van der Waals surface area (Å²) in [5.41, 5.74) is 0. The fraction of sp³-hybridized carbons (Fsp3) is 0.455. The van der Waals surface area contributed by atoms with Gasteiger partial charge in [-0.25, -0.2) is 0 Å². The van der Waals surface area contributed by atoms with Gasteiger partial charge in [0.15, 0.2) is 0 Å². The second kappa shape index (κ2) is 8.13. The highest BCUT2D eigenvalue weighted by Crippen LogP contribution is 2.02. The van der Waals surface area contributed by atoms with Crippen LogP contribution in [0.3, 0.4) is 0 Å². The summed E-state index contributed by atoms with van der Waals surface area (Å²) in [6, 6.07) is 8.71. The van der Waals surface area contributed by atoms with E-state index in [2.05, 4.69) is 0 Å². The average molecular weight is 246 g/mol. The van der Waals surface area contributed by atoms with Crippen LogP contribution < -0.4 is 0 Å². The number of benzene rings is 1. The Bertz CT molecular complexity index is 359. The lowest BCUT2D eigenvalue weighted by Gasteiger charge is -1.92. The van der Waals surface area contributed by atoms with Gasteiger partial charge in [0.2, 0.25) is 0 Å². The van der Waals surface area contributed by atoms with Crippen molar-refractivity contribution >= 4 is 10.1 Å². The number of unbranched alkanes of at least 4 members (excludes halogenated alkanes) is 2. The first-order valence-electron chi connectivity index (χ1n) is 5.15. The van der Waals surface area contributed by atoms with Crippen LogP contribution in [0.25, 0.3) is 0 Å². The molecule has 92 valence electrons. The molecule has 0 atom stereocenters. The number of phenols is 1. The molecule has 0 saturated carbocycles. The van der Waals surface area contributed by atoms with E-state index in [1.165, 1.54) is 0 Å². The van der Waals surface area contributed by atoms with E-state index in [1.54, 1.807) is 24.3 Å². The van der Waals surface area contributed by atoms with Crippen LogP contribution in [-0.2, 0) is 10.1 Å². The second-order valence-electron chi connectivity index (χ2n) is 3.33. The molecule has 0 amide bonds. The van der Waals surface area contributed by atoms with Gasteiger partial charge >= 0.3 is 0 Å². The first-order valence-corrected chi connectivity index (χ1v) is 6.76. The molecule has 2 N–H and O–H groups in total. The van der Waals surface area contributed by atoms with Gasteiger partial charge in [0.25, 0.3) is 10.1 Å². The van der Waals surface area contributed by atoms with Gasteiger partial charge in [-0.15, -0.1) is 0 Å². The predicted molar refractivity (Wildman–Crippen MR) is 64.0 cm³/mol. The molecule has 0 bridgehead atoms. The molecule has 5 heteroatoms. The Labute approximate surface area is 96.7 Å². The highest BCUT2D eigenvalue weighted by molar-refractivity contribution is 7.85. The molecule has 0 radical (unpaired) electrons. The number of rotatable bonds is 4. The molecule has 0 unspecified atom stereocenters. The topological polar surface area (TPSA) is 74.6 Å². The summed E-state index contributed by atoms with van der Waals surface area (Å²) in [5, 5.41) is 8.63. The van der Waals surface area contributed by atoms with Crippen molar-refractivity contribution in [2.24, 2.45) is 0 Å². The van der Waals surface area contributed by atoms with Gasteiger partial charge in [-0.1, -0.05) is 38.0 Å². The lowest BCUT2D eigenvalue weighted by molar-refractivity contribution is 0.475. The van der Waals surface area contributed by atoms with Crippen LogP contribution >= 0.6 is 0 Å². The highest BCUT2D eigenvalue weighted by Gasteiger charge is 2.01. The number of phenolic OH excluding ortho intramolecular Hbond substituents is 1. The molecule has 16 heavy (non-hydrogen) atoms. The first-order chi connectivity index (χ1) is 7.45. The molecular formula is C11H18O4S. The zero-order chi connectivity index (χ0) is 12.4. The van der Waals surface area contributed by atoms with Crippen molar-refractivity contribution in [2.45, 2.75) is 26.2 Å². The number of para-hydroxylation sites is 1. The van der Waals surface area contributed by atoms with Crippen LogP contribution in [0.1, 0.15) is 26.2 Å². The molecule has 0 fully saturated rings. The Morgan fingerprint density at radius 3 is 2.00 bits per heavy atom. The Hall–Kier alpha value is -1.07. The van der Waals surface area contributed by atoms with Gasteiger partial charge in [-0.2, -0.15) is 8.42 Å². The molecule has 4 nitrogen and oxygen atoms in total. The number of aromatic hydroxyl groups is 1. The predicted octanol–water partition coefficient (Wildman–Crippen LogP) is 2.46. The van der Waals surface area contributed by atoms with Crippen LogP contribution in [0.4, 0.5) is 0 Å². The highest BCUT2D eigenvalue weighted by atomic mass is 32.2. The van der Waals surface area contributed by atoms with Crippen molar-refractivity contribution < 1.29 is 18.1 Å². The molecule has 0 aliphatic heterocycles. The molecule has 0 saturated heterocycles. The molecule has 0 aliphatic carbocycles. The zero-order valence-electron chi connectivity index (χ0n) is 9.33. The van der Waals surface area contributed by atoms with E-state index in [-0.39, 0.29) is 5.75 Å². The molecule has 1 aromatic rings. The normalized spacial score (nSPS) is 10.4. The van der Waals surface area contributed by atoms with Crippen LogP contribution in [0.15, 0.2) is 30.3 Å². The Morgan fingerprint density at radius 2 is 1.69 bits per heavy atom. The van der Waals surface area contributed by atoms with Gasteiger partial charge in [0, 0.05) is 0 Å². The van der Waals surface area contributed by atoms with E-state index in [0.29, 0.717) is 12.2 Å². The smallest absolute Gasteiger partial charge is 0.264 e. The maximum absolute atomic E-state index is 10.1. The quantitative estimate of drug-likeness (QED) is 0.632. The van der Waals surface area contributed by atoms with Crippen LogP contribution in [0.2, 0.25) is 0 Å². The third-order valence-electron chi connectivity index (χ3n) is 1.76. The van der Waals surface area contributed by atoms with Crippen LogP contribution in [-0.4, -0.2) is 23.8 Å². The molecule has 1 rings (SSSR count). The van der Waals surface area contributed by atoms with E-state index < -0.39 is 10.1 Å². The molecule has 0 aliphatic rings. The summed E-state index contributed by atoms with van der Waals surface area (Å²) in [7, 11) is -3.70. The van der Waals surface area contributed by atoms with Gasteiger partial charge in [-0.3, -0.25) is 4.55 Å². The van der Waals surface area contributed by atoms with Gasteiger partial charge in [0.05, 0.1) is 5.75 Å². The maximum Gasteiger partial charge on any atom is 0.264 e. The molecule has 0 aromatic heterocycles. The Kier molecular flexibility index (Phi) is 7.58.